The number of pyridine rings is 1. The van der Waals surface area contributed by atoms with Crippen molar-refractivity contribution in [1.29, 1.82) is 0 Å². The third-order valence-electron chi connectivity index (χ3n) is 3.09. The van der Waals surface area contributed by atoms with Crippen molar-refractivity contribution in [2.75, 3.05) is 5.32 Å². The van der Waals surface area contributed by atoms with Gasteiger partial charge in [-0.1, -0.05) is 28.1 Å². The van der Waals surface area contributed by atoms with Crippen LogP contribution in [-0.2, 0) is 0 Å². The molecule has 1 aromatic heterocycles. The maximum absolute atomic E-state index is 12.3. The van der Waals surface area contributed by atoms with Crippen LogP contribution in [-0.4, -0.2) is 16.0 Å². The lowest BCUT2D eigenvalue weighted by atomic mass is 10.1. The Balaban J connectivity index is 0.00000176. The van der Waals surface area contributed by atoms with E-state index in [2.05, 4.69) is 26.2 Å². The zero-order chi connectivity index (χ0) is 14.8. The van der Waals surface area contributed by atoms with E-state index in [0.29, 0.717) is 11.2 Å². The highest BCUT2D eigenvalue weighted by atomic mass is 79.9. The van der Waals surface area contributed by atoms with Gasteiger partial charge in [0.05, 0.1) is 5.56 Å². The number of hydrogen-bond donors (Lipinski definition) is 2. The average molecular weight is 380 g/mol. The number of rotatable bonds is 2. The predicted molar refractivity (Wildman–Crippen MR) is 92.8 cm³/mol. The Kier molecular flexibility index (Phi) is 5.00. The molecule has 0 aliphatic heterocycles. The Labute approximate surface area is 141 Å². The lowest BCUT2D eigenvalue weighted by Crippen LogP contribution is -2.12. The summed E-state index contributed by atoms with van der Waals surface area (Å²) < 4.78 is 0.929. The quantitative estimate of drug-likeness (QED) is 0.695. The molecule has 2 aromatic carbocycles. The van der Waals surface area contributed by atoms with Gasteiger partial charge in [0.15, 0.2) is 5.75 Å². The van der Waals surface area contributed by atoms with Crippen LogP contribution in [0.25, 0.3) is 10.9 Å². The Hall–Kier alpha value is -2.11. The van der Waals surface area contributed by atoms with Gasteiger partial charge in [-0.3, -0.25) is 9.78 Å². The zero-order valence-electron chi connectivity index (χ0n) is 11.3. The van der Waals surface area contributed by atoms with Gasteiger partial charge in [-0.25, -0.2) is 0 Å². The van der Waals surface area contributed by atoms with Gasteiger partial charge in [0.1, 0.15) is 5.52 Å². The van der Waals surface area contributed by atoms with Crippen molar-refractivity contribution in [3.63, 3.8) is 0 Å². The van der Waals surface area contributed by atoms with Gasteiger partial charge >= 0.3 is 0 Å². The van der Waals surface area contributed by atoms with Crippen molar-refractivity contribution in [2.24, 2.45) is 0 Å². The zero-order valence-corrected chi connectivity index (χ0v) is 13.7. The summed E-state index contributed by atoms with van der Waals surface area (Å²) in [5.74, 6) is -0.481. The first-order valence-electron chi connectivity index (χ1n) is 6.29. The summed E-state index contributed by atoms with van der Waals surface area (Å²) in [6, 6.07) is 14.2. The van der Waals surface area contributed by atoms with E-state index in [-0.39, 0.29) is 29.6 Å². The summed E-state index contributed by atoms with van der Waals surface area (Å²) in [6.07, 6.45) is 1.58. The first kappa shape index (κ1) is 16.3. The van der Waals surface area contributed by atoms with Crippen LogP contribution in [0.5, 0.6) is 5.75 Å². The van der Waals surface area contributed by atoms with Crippen LogP contribution in [0.4, 0.5) is 5.69 Å². The summed E-state index contributed by atoms with van der Waals surface area (Å²) in [4.78, 5) is 16.4. The average Bonchev–Trinajstić information content (AvgIpc) is 2.50. The molecule has 0 saturated carbocycles. The van der Waals surface area contributed by atoms with Crippen LogP contribution >= 0.6 is 28.3 Å². The first-order valence-corrected chi connectivity index (χ1v) is 7.08. The molecule has 3 rings (SSSR count). The van der Waals surface area contributed by atoms with E-state index in [0.717, 1.165) is 9.86 Å². The number of phenolic OH excluding ortho intramolecular Hbond substituents is 1. The molecule has 6 heteroatoms. The fraction of sp³-hybridized carbons (Fsp3) is 0. The molecule has 1 heterocycles. The minimum Gasteiger partial charge on any atom is -0.505 e. The van der Waals surface area contributed by atoms with Gasteiger partial charge in [0.25, 0.3) is 5.91 Å². The lowest BCUT2D eigenvalue weighted by molar-refractivity contribution is 0.102. The van der Waals surface area contributed by atoms with Crippen LogP contribution in [0.1, 0.15) is 10.4 Å². The Bertz CT molecular complexity index is 822. The standard InChI is InChI=1S/C16H11BrN2O2.ClH/c17-11-4-6-12(7-5-11)19-16(21)13-8-3-10-2-1-9-18-14(10)15(13)20;/h1-9,20H,(H,19,21);1H. The summed E-state index contributed by atoms with van der Waals surface area (Å²) in [5, 5.41) is 13.7. The highest BCUT2D eigenvalue weighted by Crippen LogP contribution is 2.27. The predicted octanol–water partition coefficient (Wildman–Crippen LogP) is 4.38. The maximum atomic E-state index is 12.3. The number of fused-ring (bicyclic) bond motifs is 1. The number of aromatic hydroxyl groups is 1. The van der Waals surface area contributed by atoms with E-state index in [1.54, 1.807) is 36.5 Å². The second-order valence-corrected chi connectivity index (χ2v) is 5.41. The topological polar surface area (TPSA) is 62.2 Å². The molecular weight excluding hydrogens is 368 g/mol. The summed E-state index contributed by atoms with van der Waals surface area (Å²) >= 11 is 3.33. The molecular formula is C16H12BrClN2O2. The molecule has 0 saturated heterocycles. The number of aromatic nitrogens is 1. The van der Waals surface area contributed by atoms with Crippen molar-refractivity contribution < 1.29 is 9.90 Å². The van der Waals surface area contributed by atoms with Crippen molar-refractivity contribution in [2.45, 2.75) is 0 Å². The lowest BCUT2D eigenvalue weighted by Gasteiger charge is -2.08. The van der Waals surface area contributed by atoms with Gasteiger partial charge in [0.2, 0.25) is 0 Å². The number of anilines is 1. The first-order chi connectivity index (χ1) is 10.1. The van der Waals surface area contributed by atoms with Crippen LogP contribution in [0.15, 0.2) is 59.2 Å². The molecule has 0 aliphatic carbocycles. The molecule has 112 valence electrons. The van der Waals surface area contributed by atoms with Crippen molar-refractivity contribution in [3.8, 4) is 5.75 Å². The van der Waals surface area contributed by atoms with Crippen LogP contribution in [0.2, 0.25) is 0 Å². The minimum atomic E-state index is -0.373. The fourth-order valence-electron chi connectivity index (χ4n) is 2.04. The summed E-state index contributed by atoms with van der Waals surface area (Å²) in [6.45, 7) is 0. The molecule has 22 heavy (non-hydrogen) atoms. The number of nitrogens with one attached hydrogen (secondary N) is 1. The number of halogens is 2. The van der Waals surface area contributed by atoms with Crippen molar-refractivity contribution >= 4 is 50.8 Å². The van der Waals surface area contributed by atoms with Gasteiger partial charge < -0.3 is 10.4 Å². The van der Waals surface area contributed by atoms with E-state index >= 15 is 0 Å². The number of hydrogen-bond acceptors (Lipinski definition) is 3. The second kappa shape index (κ2) is 6.77. The molecule has 0 unspecified atom stereocenters. The van der Waals surface area contributed by atoms with E-state index in [1.165, 1.54) is 0 Å². The Morgan fingerprint density at radius 3 is 2.55 bits per heavy atom. The second-order valence-electron chi connectivity index (χ2n) is 4.50. The maximum Gasteiger partial charge on any atom is 0.259 e. The molecule has 0 radical (unpaired) electrons. The van der Waals surface area contributed by atoms with Gasteiger partial charge in [-0.05, 0) is 36.4 Å². The largest absolute Gasteiger partial charge is 0.505 e. The molecule has 0 aliphatic rings. The highest BCUT2D eigenvalue weighted by Gasteiger charge is 2.14. The molecule has 3 aromatic rings. The van der Waals surface area contributed by atoms with Crippen molar-refractivity contribution in [1.82, 2.24) is 4.98 Å². The Morgan fingerprint density at radius 2 is 1.82 bits per heavy atom. The molecule has 0 spiro atoms. The number of benzene rings is 2. The number of carbonyl (C=O) groups excluding carboxylic acids is 1. The fourth-order valence-corrected chi connectivity index (χ4v) is 2.31. The summed E-state index contributed by atoms with van der Waals surface area (Å²) in [7, 11) is 0. The number of phenols is 1. The van der Waals surface area contributed by atoms with Crippen LogP contribution in [0.3, 0.4) is 0 Å². The number of carbonyl (C=O) groups is 1. The smallest absolute Gasteiger partial charge is 0.259 e. The minimum absolute atomic E-state index is 0. The third-order valence-corrected chi connectivity index (χ3v) is 3.62. The molecule has 4 nitrogen and oxygen atoms in total. The third kappa shape index (κ3) is 3.21. The van der Waals surface area contributed by atoms with E-state index < -0.39 is 0 Å². The van der Waals surface area contributed by atoms with Gasteiger partial charge in [-0.15, -0.1) is 12.4 Å². The number of amides is 1. The van der Waals surface area contributed by atoms with Gasteiger partial charge in [-0.2, -0.15) is 0 Å². The molecule has 1 amide bonds. The monoisotopic (exact) mass is 378 g/mol. The molecule has 0 fully saturated rings. The number of nitrogens with zero attached hydrogens (tertiary/aromatic N) is 1. The Morgan fingerprint density at radius 1 is 1.09 bits per heavy atom. The van der Waals surface area contributed by atoms with Crippen LogP contribution in [0, 0.1) is 0 Å². The normalized spacial score (nSPS) is 10.0. The van der Waals surface area contributed by atoms with E-state index in [1.807, 2.05) is 18.2 Å². The molecule has 2 N–H and O–H groups in total. The van der Waals surface area contributed by atoms with E-state index in [4.69, 9.17) is 0 Å². The molecule has 0 bridgehead atoms. The SMILES string of the molecule is Cl.O=C(Nc1ccc(Br)cc1)c1ccc2cccnc2c1O. The van der Waals surface area contributed by atoms with E-state index in [9.17, 15) is 9.90 Å². The van der Waals surface area contributed by atoms with Crippen molar-refractivity contribution in [3.05, 3.63) is 64.8 Å². The highest BCUT2D eigenvalue weighted by molar-refractivity contribution is 9.10. The van der Waals surface area contributed by atoms with Gasteiger partial charge in [0, 0.05) is 21.7 Å². The molecule has 0 atom stereocenters. The summed E-state index contributed by atoms with van der Waals surface area (Å²) in [5.41, 5.74) is 1.27. The van der Waals surface area contributed by atoms with Crippen LogP contribution < -0.4 is 5.32 Å².